The SMILES string of the molecule is O=C(O)c1cccc(C2=C(c3cc(Cl)ccc3OCc3ccccc3Cl)CCC2)n1. The van der Waals surface area contributed by atoms with Crippen molar-refractivity contribution < 1.29 is 14.6 Å². The summed E-state index contributed by atoms with van der Waals surface area (Å²) in [5.41, 5.74) is 4.64. The number of nitrogens with zero attached hydrogens (tertiary/aromatic N) is 1. The molecule has 30 heavy (non-hydrogen) atoms. The number of ether oxygens (including phenoxy) is 1. The zero-order valence-corrected chi connectivity index (χ0v) is 17.6. The van der Waals surface area contributed by atoms with E-state index in [9.17, 15) is 9.90 Å². The first kappa shape index (κ1) is 20.5. The lowest BCUT2D eigenvalue weighted by Gasteiger charge is -2.15. The minimum atomic E-state index is -1.04. The van der Waals surface area contributed by atoms with Crippen LogP contribution in [0.2, 0.25) is 10.0 Å². The summed E-state index contributed by atoms with van der Waals surface area (Å²) >= 11 is 12.6. The Bertz CT molecular complexity index is 1140. The van der Waals surface area contributed by atoms with Crippen LogP contribution >= 0.6 is 23.2 Å². The maximum atomic E-state index is 11.3. The van der Waals surface area contributed by atoms with E-state index in [2.05, 4.69) is 4.98 Å². The lowest BCUT2D eigenvalue weighted by molar-refractivity contribution is 0.0690. The molecule has 1 aliphatic carbocycles. The van der Waals surface area contributed by atoms with Gasteiger partial charge in [-0.2, -0.15) is 0 Å². The van der Waals surface area contributed by atoms with Crippen molar-refractivity contribution in [2.45, 2.75) is 25.9 Å². The predicted octanol–water partition coefficient (Wildman–Crippen LogP) is 6.76. The van der Waals surface area contributed by atoms with Crippen molar-refractivity contribution in [2.24, 2.45) is 0 Å². The molecule has 1 aromatic heterocycles. The van der Waals surface area contributed by atoms with Gasteiger partial charge in [0.05, 0.1) is 5.69 Å². The summed E-state index contributed by atoms with van der Waals surface area (Å²) < 4.78 is 6.13. The number of hydrogen-bond donors (Lipinski definition) is 1. The molecule has 1 N–H and O–H groups in total. The van der Waals surface area contributed by atoms with Gasteiger partial charge in [-0.3, -0.25) is 0 Å². The highest BCUT2D eigenvalue weighted by atomic mass is 35.5. The van der Waals surface area contributed by atoms with Crippen molar-refractivity contribution in [3.63, 3.8) is 0 Å². The van der Waals surface area contributed by atoms with Crippen LogP contribution in [0.4, 0.5) is 0 Å². The van der Waals surface area contributed by atoms with Gasteiger partial charge in [0.25, 0.3) is 0 Å². The Morgan fingerprint density at radius 3 is 2.60 bits per heavy atom. The van der Waals surface area contributed by atoms with E-state index in [1.807, 2.05) is 42.5 Å². The van der Waals surface area contributed by atoms with Crippen molar-refractivity contribution >= 4 is 40.3 Å². The molecule has 0 saturated heterocycles. The predicted molar refractivity (Wildman–Crippen MR) is 119 cm³/mol. The molecule has 0 aliphatic heterocycles. The average molecular weight is 440 g/mol. The van der Waals surface area contributed by atoms with Crippen LogP contribution in [0, 0.1) is 0 Å². The third kappa shape index (κ3) is 4.35. The molecule has 0 spiro atoms. The Hall–Kier alpha value is -2.82. The van der Waals surface area contributed by atoms with E-state index in [0.717, 1.165) is 41.5 Å². The molecule has 0 amide bonds. The molecular weight excluding hydrogens is 421 g/mol. The minimum absolute atomic E-state index is 0.0348. The van der Waals surface area contributed by atoms with Gasteiger partial charge in [0, 0.05) is 21.2 Å². The number of carboxylic acids is 1. The van der Waals surface area contributed by atoms with Gasteiger partial charge in [0.15, 0.2) is 0 Å². The first-order valence-electron chi connectivity index (χ1n) is 9.62. The number of rotatable bonds is 6. The molecule has 152 valence electrons. The van der Waals surface area contributed by atoms with Gasteiger partial charge >= 0.3 is 5.97 Å². The maximum Gasteiger partial charge on any atom is 0.354 e. The number of aromatic nitrogens is 1. The van der Waals surface area contributed by atoms with Crippen LogP contribution in [-0.2, 0) is 6.61 Å². The van der Waals surface area contributed by atoms with E-state index in [1.165, 1.54) is 6.07 Å². The Labute approximate surface area is 184 Å². The van der Waals surface area contributed by atoms with Crippen molar-refractivity contribution in [1.29, 1.82) is 0 Å². The molecule has 4 nitrogen and oxygen atoms in total. The number of benzene rings is 2. The fourth-order valence-electron chi connectivity index (χ4n) is 3.68. The molecule has 4 rings (SSSR count). The van der Waals surface area contributed by atoms with E-state index in [4.69, 9.17) is 27.9 Å². The van der Waals surface area contributed by atoms with Crippen molar-refractivity contribution in [3.8, 4) is 5.75 Å². The van der Waals surface area contributed by atoms with Gasteiger partial charge in [-0.05, 0) is 66.8 Å². The van der Waals surface area contributed by atoms with Gasteiger partial charge in [0.2, 0.25) is 0 Å². The molecule has 1 heterocycles. The number of halogens is 2. The summed E-state index contributed by atoms with van der Waals surface area (Å²) in [6.07, 6.45) is 2.62. The van der Waals surface area contributed by atoms with Gasteiger partial charge in [-0.1, -0.05) is 47.5 Å². The fourth-order valence-corrected chi connectivity index (χ4v) is 4.04. The molecule has 0 bridgehead atoms. The third-order valence-electron chi connectivity index (χ3n) is 5.10. The number of carbonyl (C=O) groups is 1. The second-order valence-electron chi connectivity index (χ2n) is 7.04. The Kier molecular flexibility index (Phi) is 6.07. The highest BCUT2D eigenvalue weighted by Crippen LogP contribution is 2.43. The molecule has 1 aliphatic rings. The Morgan fingerprint density at radius 1 is 1.00 bits per heavy atom. The van der Waals surface area contributed by atoms with Crippen LogP contribution in [0.1, 0.15) is 46.6 Å². The Morgan fingerprint density at radius 2 is 1.80 bits per heavy atom. The fraction of sp³-hybridized carbons (Fsp3) is 0.167. The smallest absolute Gasteiger partial charge is 0.354 e. The molecule has 0 atom stereocenters. The van der Waals surface area contributed by atoms with Crippen molar-refractivity contribution in [3.05, 3.63) is 93.2 Å². The van der Waals surface area contributed by atoms with Crippen LogP contribution in [0.15, 0.2) is 60.7 Å². The maximum absolute atomic E-state index is 11.3. The van der Waals surface area contributed by atoms with Gasteiger partial charge in [-0.15, -0.1) is 0 Å². The minimum Gasteiger partial charge on any atom is -0.488 e. The average Bonchev–Trinajstić information content (AvgIpc) is 3.24. The standard InChI is InChI=1S/C24H19Cl2NO3/c25-16-11-12-23(30-14-15-5-1-2-8-20(15)26)19(13-16)17-6-3-7-18(17)21-9-4-10-22(27-21)24(28)29/h1-2,4-5,8-13H,3,6-7,14H2,(H,28,29). The van der Waals surface area contributed by atoms with E-state index in [0.29, 0.717) is 28.1 Å². The third-order valence-corrected chi connectivity index (χ3v) is 5.71. The van der Waals surface area contributed by atoms with Crippen molar-refractivity contribution in [2.75, 3.05) is 0 Å². The summed E-state index contributed by atoms with van der Waals surface area (Å²) in [6, 6.07) is 18.2. The number of aromatic carboxylic acids is 1. The molecule has 0 saturated carbocycles. The van der Waals surface area contributed by atoms with Gasteiger partial charge in [0.1, 0.15) is 18.1 Å². The zero-order chi connectivity index (χ0) is 21.1. The largest absolute Gasteiger partial charge is 0.488 e. The molecule has 3 aromatic rings. The van der Waals surface area contributed by atoms with E-state index in [1.54, 1.807) is 12.1 Å². The molecule has 0 radical (unpaired) electrons. The number of pyridine rings is 1. The normalized spacial score (nSPS) is 13.5. The summed E-state index contributed by atoms with van der Waals surface area (Å²) in [6.45, 7) is 0.337. The first-order chi connectivity index (χ1) is 14.5. The van der Waals surface area contributed by atoms with Crippen LogP contribution in [0.25, 0.3) is 11.1 Å². The summed E-state index contributed by atoms with van der Waals surface area (Å²) in [5.74, 6) is -0.327. The quantitative estimate of drug-likeness (QED) is 0.460. The second kappa shape index (κ2) is 8.90. The molecule has 0 unspecified atom stereocenters. The topological polar surface area (TPSA) is 59.4 Å². The number of hydrogen-bond acceptors (Lipinski definition) is 3. The molecule has 6 heteroatoms. The van der Waals surface area contributed by atoms with Crippen LogP contribution in [-0.4, -0.2) is 16.1 Å². The van der Waals surface area contributed by atoms with Crippen LogP contribution < -0.4 is 4.74 Å². The highest BCUT2D eigenvalue weighted by Gasteiger charge is 2.22. The lowest BCUT2D eigenvalue weighted by atomic mass is 9.99. The van der Waals surface area contributed by atoms with Crippen LogP contribution in [0.5, 0.6) is 5.75 Å². The summed E-state index contributed by atoms with van der Waals surface area (Å²) in [5, 5.41) is 10.6. The number of carboxylic acid groups (broad SMARTS) is 1. The molecule has 2 aromatic carbocycles. The second-order valence-corrected chi connectivity index (χ2v) is 7.89. The molecular formula is C24H19Cl2NO3. The van der Waals surface area contributed by atoms with E-state index in [-0.39, 0.29) is 5.69 Å². The van der Waals surface area contributed by atoms with Gasteiger partial charge in [-0.25, -0.2) is 9.78 Å². The lowest BCUT2D eigenvalue weighted by Crippen LogP contribution is -2.03. The van der Waals surface area contributed by atoms with Crippen LogP contribution in [0.3, 0.4) is 0 Å². The summed E-state index contributed by atoms with van der Waals surface area (Å²) in [4.78, 5) is 15.7. The van der Waals surface area contributed by atoms with E-state index >= 15 is 0 Å². The van der Waals surface area contributed by atoms with E-state index < -0.39 is 5.97 Å². The number of allylic oxidation sites excluding steroid dienone is 2. The van der Waals surface area contributed by atoms with Crippen molar-refractivity contribution in [1.82, 2.24) is 4.98 Å². The highest BCUT2D eigenvalue weighted by molar-refractivity contribution is 6.31. The first-order valence-corrected chi connectivity index (χ1v) is 10.4. The molecule has 0 fully saturated rings. The van der Waals surface area contributed by atoms with Gasteiger partial charge < -0.3 is 9.84 Å². The zero-order valence-electron chi connectivity index (χ0n) is 16.1. The monoisotopic (exact) mass is 439 g/mol. The summed E-state index contributed by atoms with van der Waals surface area (Å²) in [7, 11) is 0. The Balaban J connectivity index is 1.72.